The summed E-state index contributed by atoms with van der Waals surface area (Å²) < 4.78 is 25.4. The number of carbonyl (C=O) groups excluding carboxylic acids is 2. The first-order chi connectivity index (χ1) is 13.6. The number of para-hydroxylation sites is 2. The van der Waals surface area contributed by atoms with Gasteiger partial charge in [0.1, 0.15) is 12.1 Å². The van der Waals surface area contributed by atoms with Crippen molar-refractivity contribution in [3.63, 3.8) is 0 Å². The van der Waals surface area contributed by atoms with Crippen molar-refractivity contribution in [2.75, 3.05) is 13.7 Å². The van der Waals surface area contributed by atoms with Crippen molar-refractivity contribution in [1.82, 2.24) is 9.88 Å². The highest BCUT2D eigenvalue weighted by atomic mass is 32.1. The number of hydrogen-bond donors (Lipinski definition) is 0. The van der Waals surface area contributed by atoms with Crippen LogP contribution in [-0.2, 0) is 9.53 Å². The second-order valence-corrected chi connectivity index (χ2v) is 7.42. The fourth-order valence-corrected chi connectivity index (χ4v) is 4.19. The van der Waals surface area contributed by atoms with E-state index in [0.29, 0.717) is 5.01 Å². The third-order valence-corrected chi connectivity index (χ3v) is 5.63. The van der Waals surface area contributed by atoms with E-state index in [4.69, 9.17) is 9.47 Å². The third kappa shape index (κ3) is 3.43. The van der Waals surface area contributed by atoms with Crippen LogP contribution >= 0.6 is 11.3 Å². The monoisotopic (exact) mass is 400 g/mol. The first-order valence-electron chi connectivity index (χ1n) is 8.72. The summed E-state index contributed by atoms with van der Waals surface area (Å²) in [6, 6.07) is 12.7. The van der Waals surface area contributed by atoms with Gasteiger partial charge in [-0.2, -0.15) is 0 Å². The average molecular weight is 400 g/mol. The Morgan fingerprint density at radius 3 is 2.68 bits per heavy atom. The maximum absolute atomic E-state index is 13.9. The number of methoxy groups -OCH3 is 1. The van der Waals surface area contributed by atoms with E-state index in [9.17, 15) is 14.0 Å². The number of carbonyl (C=O) groups is 2. The molecule has 0 bridgehead atoms. The van der Waals surface area contributed by atoms with E-state index >= 15 is 0 Å². The highest BCUT2D eigenvalue weighted by molar-refractivity contribution is 7.20. The maximum atomic E-state index is 13.9. The number of nitrogens with zero attached hydrogens (tertiary/aromatic N) is 2. The first kappa shape index (κ1) is 18.4. The van der Waals surface area contributed by atoms with Gasteiger partial charge in [-0.15, -0.1) is 11.3 Å². The Kier molecular flexibility index (Phi) is 4.95. The van der Waals surface area contributed by atoms with Crippen LogP contribution in [-0.4, -0.2) is 47.6 Å². The minimum atomic E-state index is -0.804. The number of rotatable bonds is 4. The molecule has 2 atom stereocenters. The van der Waals surface area contributed by atoms with Crippen LogP contribution in [0.1, 0.15) is 16.2 Å². The van der Waals surface area contributed by atoms with Gasteiger partial charge in [-0.05, 0) is 24.3 Å². The van der Waals surface area contributed by atoms with Crippen LogP contribution in [0.25, 0.3) is 10.2 Å². The summed E-state index contributed by atoms with van der Waals surface area (Å²) in [7, 11) is 1.27. The number of halogens is 1. The van der Waals surface area contributed by atoms with Gasteiger partial charge >= 0.3 is 5.97 Å². The largest absolute Gasteiger partial charge is 0.485 e. The molecule has 1 fully saturated rings. The summed E-state index contributed by atoms with van der Waals surface area (Å²) in [5, 5.41) is 0.293. The van der Waals surface area contributed by atoms with Gasteiger partial charge in [-0.3, -0.25) is 4.79 Å². The Hall–Kier alpha value is -3.00. The lowest BCUT2D eigenvalue weighted by Gasteiger charge is -2.21. The van der Waals surface area contributed by atoms with Crippen LogP contribution in [0.4, 0.5) is 4.39 Å². The van der Waals surface area contributed by atoms with Gasteiger partial charge in [0.2, 0.25) is 0 Å². The molecule has 0 N–H and O–H groups in total. The van der Waals surface area contributed by atoms with E-state index < -0.39 is 23.9 Å². The van der Waals surface area contributed by atoms with Gasteiger partial charge in [-0.1, -0.05) is 24.3 Å². The summed E-state index contributed by atoms with van der Waals surface area (Å²) in [5.41, 5.74) is 0.726. The van der Waals surface area contributed by atoms with Crippen LogP contribution in [0.5, 0.6) is 5.75 Å². The second-order valence-electron chi connectivity index (χ2n) is 6.39. The number of ether oxygens (including phenoxy) is 2. The molecule has 1 saturated heterocycles. The zero-order chi connectivity index (χ0) is 19.7. The summed E-state index contributed by atoms with van der Waals surface area (Å²) in [4.78, 5) is 31.1. The summed E-state index contributed by atoms with van der Waals surface area (Å²) in [6.07, 6.45) is -0.309. The van der Waals surface area contributed by atoms with E-state index in [1.807, 2.05) is 24.3 Å². The number of likely N-dealkylation sites (tertiary alicyclic amines) is 1. The molecule has 0 spiro atoms. The maximum Gasteiger partial charge on any atom is 0.328 e. The highest BCUT2D eigenvalue weighted by Crippen LogP contribution is 2.29. The van der Waals surface area contributed by atoms with Crippen molar-refractivity contribution in [2.24, 2.45) is 0 Å². The minimum absolute atomic E-state index is 0.0883. The number of aromatic nitrogens is 1. The SMILES string of the molecule is COC(=O)C1CC(Oc2ccccc2F)CN1C(=O)c1nc2ccccc2s1. The molecule has 3 aromatic rings. The topological polar surface area (TPSA) is 68.7 Å². The van der Waals surface area contributed by atoms with E-state index in [1.165, 1.54) is 35.5 Å². The Balaban J connectivity index is 1.59. The fraction of sp³-hybridized carbons (Fsp3) is 0.250. The lowest BCUT2D eigenvalue weighted by atomic mass is 10.2. The molecule has 8 heteroatoms. The Labute approximate surface area is 164 Å². The van der Waals surface area contributed by atoms with Gasteiger partial charge in [0, 0.05) is 6.42 Å². The number of esters is 1. The average Bonchev–Trinajstić information content (AvgIpc) is 3.33. The third-order valence-electron chi connectivity index (χ3n) is 4.60. The van der Waals surface area contributed by atoms with Gasteiger partial charge < -0.3 is 14.4 Å². The lowest BCUT2D eigenvalue weighted by molar-refractivity contribution is -0.145. The highest BCUT2D eigenvalue weighted by Gasteiger charge is 2.42. The molecule has 2 aromatic carbocycles. The lowest BCUT2D eigenvalue weighted by Crippen LogP contribution is -2.41. The second kappa shape index (κ2) is 7.55. The molecule has 6 nitrogen and oxygen atoms in total. The van der Waals surface area contributed by atoms with Crippen molar-refractivity contribution in [3.8, 4) is 5.75 Å². The van der Waals surface area contributed by atoms with Gasteiger partial charge in [0.15, 0.2) is 16.6 Å². The van der Waals surface area contributed by atoms with Crippen molar-refractivity contribution in [2.45, 2.75) is 18.6 Å². The molecular formula is C20H17FN2O4S. The van der Waals surface area contributed by atoms with Gasteiger partial charge in [0.25, 0.3) is 5.91 Å². The molecule has 1 amide bonds. The minimum Gasteiger partial charge on any atom is -0.485 e. The molecule has 4 rings (SSSR count). The fourth-order valence-electron chi connectivity index (χ4n) is 3.27. The number of hydrogen-bond acceptors (Lipinski definition) is 6. The van der Waals surface area contributed by atoms with Crippen LogP contribution in [0, 0.1) is 5.82 Å². The molecule has 0 radical (unpaired) electrons. The quantitative estimate of drug-likeness (QED) is 0.629. The van der Waals surface area contributed by atoms with Crippen LogP contribution < -0.4 is 4.74 Å². The molecule has 1 aromatic heterocycles. The zero-order valence-corrected chi connectivity index (χ0v) is 15.8. The molecule has 1 aliphatic rings. The molecule has 28 heavy (non-hydrogen) atoms. The summed E-state index contributed by atoms with van der Waals surface area (Å²) in [6.45, 7) is 0.142. The number of fused-ring (bicyclic) bond motifs is 1. The van der Waals surface area contributed by atoms with Crippen LogP contribution in [0.15, 0.2) is 48.5 Å². The molecule has 144 valence electrons. The van der Waals surface area contributed by atoms with E-state index in [1.54, 1.807) is 12.1 Å². The number of amides is 1. The number of thiazole rings is 1. The van der Waals surface area contributed by atoms with E-state index in [0.717, 1.165) is 10.2 Å². The molecule has 2 unspecified atom stereocenters. The van der Waals surface area contributed by atoms with Crippen molar-refractivity contribution < 1.29 is 23.5 Å². The smallest absolute Gasteiger partial charge is 0.328 e. The molecule has 2 heterocycles. The van der Waals surface area contributed by atoms with Crippen molar-refractivity contribution in [1.29, 1.82) is 0 Å². The van der Waals surface area contributed by atoms with Crippen LogP contribution in [0.2, 0.25) is 0 Å². The Morgan fingerprint density at radius 1 is 1.18 bits per heavy atom. The van der Waals surface area contributed by atoms with Crippen LogP contribution in [0.3, 0.4) is 0 Å². The van der Waals surface area contributed by atoms with Crippen molar-refractivity contribution in [3.05, 3.63) is 59.4 Å². The van der Waals surface area contributed by atoms with E-state index in [-0.39, 0.29) is 24.6 Å². The predicted octanol–water partition coefficient (Wildman–Crippen LogP) is 3.27. The first-order valence-corrected chi connectivity index (χ1v) is 9.54. The molecule has 1 aliphatic heterocycles. The van der Waals surface area contributed by atoms with Gasteiger partial charge in [-0.25, -0.2) is 14.2 Å². The van der Waals surface area contributed by atoms with Crippen molar-refractivity contribution >= 4 is 33.4 Å². The molecule has 0 aliphatic carbocycles. The zero-order valence-electron chi connectivity index (χ0n) is 15.0. The summed E-state index contributed by atoms with van der Waals surface area (Å²) in [5.74, 6) is -1.30. The Bertz CT molecular complexity index is 1000. The predicted molar refractivity (Wildman–Crippen MR) is 102 cm³/mol. The van der Waals surface area contributed by atoms with Gasteiger partial charge in [0.05, 0.1) is 23.9 Å². The summed E-state index contributed by atoms with van der Waals surface area (Å²) >= 11 is 1.27. The normalized spacial score (nSPS) is 19.0. The Morgan fingerprint density at radius 2 is 1.93 bits per heavy atom. The molecule has 0 saturated carbocycles. The van der Waals surface area contributed by atoms with E-state index in [2.05, 4.69) is 4.98 Å². The molecular weight excluding hydrogens is 383 g/mol. The standard InChI is InChI=1S/C20H17FN2O4S/c1-26-20(25)15-10-12(27-16-8-4-2-6-13(16)21)11-23(15)19(24)18-22-14-7-3-5-9-17(14)28-18/h2-9,12,15H,10-11H2,1H3. The number of benzene rings is 2.